The third kappa shape index (κ3) is 4.05. The monoisotopic (exact) mass is 262 g/mol. The summed E-state index contributed by atoms with van der Waals surface area (Å²) in [6.07, 6.45) is -3.67. The molecule has 102 valence electrons. The van der Waals surface area contributed by atoms with Gasteiger partial charge in [-0.3, -0.25) is 0 Å². The number of hydrogen-bond donors (Lipinski definition) is 1. The summed E-state index contributed by atoms with van der Waals surface area (Å²) in [6, 6.07) is 1.52. The Morgan fingerprint density at radius 3 is 2.39 bits per heavy atom. The Hall–Kier alpha value is -1.53. The highest BCUT2D eigenvalue weighted by molar-refractivity contribution is 5.49. The van der Waals surface area contributed by atoms with Crippen molar-refractivity contribution in [3.63, 3.8) is 0 Å². The molecule has 1 heterocycles. The second-order valence-electron chi connectivity index (χ2n) is 3.76. The number of nitrogens with zero attached hydrogens (tertiary/aromatic N) is 3. The van der Waals surface area contributed by atoms with Crippen LogP contribution in [-0.2, 0) is 6.42 Å². The van der Waals surface area contributed by atoms with Gasteiger partial charge in [0.25, 0.3) is 0 Å². The van der Waals surface area contributed by atoms with Gasteiger partial charge in [-0.05, 0) is 6.92 Å². The van der Waals surface area contributed by atoms with Crippen LogP contribution in [0.5, 0.6) is 0 Å². The smallest absolute Gasteiger partial charge is 0.373 e. The van der Waals surface area contributed by atoms with E-state index in [0.717, 1.165) is 0 Å². The van der Waals surface area contributed by atoms with Gasteiger partial charge in [-0.1, -0.05) is 6.92 Å². The third-order valence-corrected chi connectivity index (χ3v) is 2.41. The number of anilines is 2. The minimum Gasteiger partial charge on any atom is -0.373 e. The fourth-order valence-corrected chi connectivity index (χ4v) is 1.50. The van der Waals surface area contributed by atoms with Crippen LogP contribution in [0.1, 0.15) is 19.7 Å². The number of aryl methyl sites for hydroxylation is 1. The Bertz CT molecular complexity index is 370. The average Bonchev–Trinajstić information content (AvgIpc) is 2.34. The van der Waals surface area contributed by atoms with E-state index in [9.17, 15) is 13.2 Å². The quantitative estimate of drug-likeness (QED) is 0.885. The van der Waals surface area contributed by atoms with Gasteiger partial charge in [-0.2, -0.15) is 13.2 Å². The maximum atomic E-state index is 12.4. The summed E-state index contributed by atoms with van der Waals surface area (Å²) in [4.78, 5) is 9.47. The summed E-state index contributed by atoms with van der Waals surface area (Å²) in [6.45, 7) is 2.76. The van der Waals surface area contributed by atoms with Crippen LogP contribution in [0.3, 0.4) is 0 Å². The normalized spacial score (nSPS) is 11.4. The van der Waals surface area contributed by atoms with E-state index in [-0.39, 0.29) is 6.54 Å². The molecule has 0 radical (unpaired) electrons. The van der Waals surface area contributed by atoms with Crippen molar-refractivity contribution in [1.29, 1.82) is 0 Å². The fourth-order valence-electron chi connectivity index (χ4n) is 1.50. The van der Waals surface area contributed by atoms with E-state index in [1.54, 1.807) is 14.0 Å². The SMILES string of the molecule is CCc1nc(NC)cc(N(CC)CC(F)(F)F)n1. The number of alkyl halides is 3. The molecule has 0 amide bonds. The third-order valence-electron chi connectivity index (χ3n) is 2.41. The van der Waals surface area contributed by atoms with E-state index in [2.05, 4.69) is 15.3 Å². The topological polar surface area (TPSA) is 41.1 Å². The molecule has 0 spiro atoms. The predicted molar refractivity (Wildman–Crippen MR) is 64.9 cm³/mol. The first-order valence-corrected chi connectivity index (χ1v) is 5.77. The van der Waals surface area contributed by atoms with E-state index in [0.29, 0.717) is 23.9 Å². The van der Waals surface area contributed by atoms with Crippen LogP contribution >= 0.6 is 0 Å². The number of hydrogen-bond acceptors (Lipinski definition) is 4. The Morgan fingerprint density at radius 2 is 1.94 bits per heavy atom. The number of rotatable bonds is 5. The lowest BCUT2D eigenvalue weighted by atomic mass is 10.3. The molecule has 0 aromatic carbocycles. The summed E-state index contributed by atoms with van der Waals surface area (Å²) in [5, 5.41) is 2.82. The highest BCUT2D eigenvalue weighted by Gasteiger charge is 2.31. The van der Waals surface area contributed by atoms with Crippen molar-refractivity contribution in [3.05, 3.63) is 11.9 Å². The van der Waals surface area contributed by atoms with E-state index in [4.69, 9.17) is 0 Å². The molecule has 0 saturated heterocycles. The second-order valence-corrected chi connectivity index (χ2v) is 3.76. The van der Waals surface area contributed by atoms with Crippen molar-refractivity contribution in [2.45, 2.75) is 26.4 Å². The second kappa shape index (κ2) is 5.88. The van der Waals surface area contributed by atoms with Crippen molar-refractivity contribution in [3.8, 4) is 0 Å². The molecule has 1 aromatic rings. The molecule has 1 rings (SSSR count). The van der Waals surface area contributed by atoms with Gasteiger partial charge < -0.3 is 10.2 Å². The molecular formula is C11H17F3N4. The molecule has 4 nitrogen and oxygen atoms in total. The molecular weight excluding hydrogens is 245 g/mol. The van der Waals surface area contributed by atoms with Crippen molar-refractivity contribution < 1.29 is 13.2 Å². The molecule has 0 aliphatic rings. The Labute approximate surface area is 104 Å². The first-order chi connectivity index (χ1) is 8.39. The largest absolute Gasteiger partial charge is 0.405 e. The maximum absolute atomic E-state index is 12.4. The lowest BCUT2D eigenvalue weighted by molar-refractivity contribution is -0.119. The van der Waals surface area contributed by atoms with E-state index >= 15 is 0 Å². The zero-order chi connectivity index (χ0) is 13.8. The van der Waals surface area contributed by atoms with Crippen LogP contribution in [0.25, 0.3) is 0 Å². The highest BCUT2D eigenvalue weighted by Crippen LogP contribution is 2.22. The molecule has 0 fully saturated rings. The minimum absolute atomic E-state index is 0.239. The van der Waals surface area contributed by atoms with Gasteiger partial charge in [0.15, 0.2) is 0 Å². The van der Waals surface area contributed by atoms with Crippen molar-refractivity contribution in [2.75, 3.05) is 30.4 Å². The van der Waals surface area contributed by atoms with Gasteiger partial charge in [0.2, 0.25) is 0 Å². The van der Waals surface area contributed by atoms with Crippen molar-refractivity contribution in [2.24, 2.45) is 0 Å². The van der Waals surface area contributed by atoms with Crippen molar-refractivity contribution >= 4 is 11.6 Å². The van der Waals surface area contributed by atoms with Crippen LogP contribution in [-0.4, -0.2) is 36.3 Å². The van der Waals surface area contributed by atoms with E-state index < -0.39 is 12.7 Å². The van der Waals surface area contributed by atoms with Crippen LogP contribution in [0, 0.1) is 0 Å². The fraction of sp³-hybridized carbons (Fsp3) is 0.636. The van der Waals surface area contributed by atoms with Crippen LogP contribution < -0.4 is 10.2 Å². The molecule has 0 atom stereocenters. The predicted octanol–water partition coefficient (Wildman–Crippen LogP) is 2.47. The van der Waals surface area contributed by atoms with E-state index in [1.165, 1.54) is 11.0 Å². The van der Waals surface area contributed by atoms with Gasteiger partial charge in [0, 0.05) is 26.1 Å². The van der Waals surface area contributed by atoms with Crippen molar-refractivity contribution in [1.82, 2.24) is 9.97 Å². The van der Waals surface area contributed by atoms with Gasteiger partial charge in [-0.25, -0.2) is 9.97 Å². The molecule has 0 unspecified atom stereocenters. The molecule has 1 N–H and O–H groups in total. The van der Waals surface area contributed by atoms with Crippen LogP contribution in [0.2, 0.25) is 0 Å². The zero-order valence-electron chi connectivity index (χ0n) is 10.7. The molecule has 18 heavy (non-hydrogen) atoms. The number of nitrogens with one attached hydrogen (secondary N) is 1. The first kappa shape index (κ1) is 14.5. The molecule has 0 bridgehead atoms. The average molecular weight is 262 g/mol. The minimum atomic E-state index is -4.24. The van der Waals surface area contributed by atoms with Gasteiger partial charge >= 0.3 is 6.18 Å². The lowest BCUT2D eigenvalue weighted by Crippen LogP contribution is -2.34. The van der Waals surface area contributed by atoms with E-state index in [1.807, 2.05) is 6.92 Å². The summed E-state index contributed by atoms with van der Waals surface area (Å²) >= 11 is 0. The standard InChI is InChI=1S/C11H17F3N4/c1-4-8-16-9(15-3)6-10(17-8)18(5-2)7-11(12,13)14/h6H,4-5,7H2,1-3H3,(H,15,16,17). The molecule has 7 heteroatoms. The molecule has 1 aromatic heterocycles. The lowest BCUT2D eigenvalue weighted by Gasteiger charge is -2.24. The Balaban J connectivity index is 3.04. The maximum Gasteiger partial charge on any atom is 0.405 e. The first-order valence-electron chi connectivity index (χ1n) is 5.77. The van der Waals surface area contributed by atoms with Gasteiger partial charge in [0.05, 0.1) is 0 Å². The zero-order valence-corrected chi connectivity index (χ0v) is 10.7. The summed E-state index contributed by atoms with van der Waals surface area (Å²) in [5.41, 5.74) is 0. The Kier molecular flexibility index (Phi) is 4.75. The number of aromatic nitrogens is 2. The Morgan fingerprint density at radius 1 is 1.28 bits per heavy atom. The molecule has 0 aliphatic carbocycles. The molecule has 0 saturated carbocycles. The van der Waals surface area contributed by atoms with Crippen LogP contribution in [0.4, 0.5) is 24.8 Å². The summed E-state index contributed by atoms with van der Waals surface area (Å²) < 4.78 is 37.3. The van der Waals surface area contributed by atoms with Gasteiger partial charge in [0.1, 0.15) is 24.0 Å². The summed E-state index contributed by atoms with van der Waals surface area (Å²) in [5.74, 6) is 1.35. The summed E-state index contributed by atoms with van der Waals surface area (Å²) in [7, 11) is 1.67. The number of halogens is 3. The van der Waals surface area contributed by atoms with Gasteiger partial charge in [-0.15, -0.1) is 0 Å². The van der Waals surface area contributed by atoms with Crippen LogP contribution in [0.15, 0.2) is 6.07 Å². The highest BCUT2D eigenvalue weighted by atomic mass is 19.4. The molecule has 0 aliphatic heterocycles.